The van der Waals surface area contributed by atoms with Crippen molar-refractivity contribution in [1.82, 2.24) is 9.80 Å². The normalized spacial score (nSPS) is 26.5. The number of fused-ring (bicyclic) bond motifs is 6. The highest BCUT2D eigenvalue weighted by Gasteiger charge is 2.64. The van der Waals surface area contributed by atoms with Crippen molar-refractivity contribution in [3.8, 4) is 0 Å². The molecule has 0 aliphatic carbocycles. The van der Waals surface area contributed by atoms with E-state index in [1.54, 1.807) is 24.3 Å². The Kier molecular flexibility index (Phi) is 3.32. The first-order chi connectivity index (χ1) is 13.3. The number of hydrogen-bond acceptors (Lipinski definition) is 3. The Hall–Kier alpha value is -3.10. The van der Waals surface area contributed by atoms with E-state index in [9.17, 15) is 27.6 Å². The largest absolute Gasteiger partial charge is 0.471 e. The van der Waals surface area contributed by atoms with Crippen LogP contribution in [0.3, 0.4) is 0 Å². The van der Waals surface area contributed by atoms with Crippen LogP contribution >= 0.6 is 0 Å². The van der Waals surface area contributed by atoms with Crippen LogP contribution in [-0.4, -0.2) is 58.5 Å². The molecule has 4 amide bonds. The van der Waals surface area contributed by atoms with Gasteiger partial charge in [-0.05, 0) is 17.9 Å². The number of benzene rings is 2. The summed E-state index contributed by atoms with van der Waals surface area (Å²) in [4.78, 5) is 40.9. The molecule has 3 heterocycles. The maximum absolute atomic E-state index is 13.1. The van der Waals surface area contributed by atoms with Crippen molar-refractivity contribution in [1.29, 1.82) is 0 Å². The quantitative estimate of drug-likeness (QED) is 0.705. The molecule has 3 saturated heterocycles. The molecule has 0 radical (unpaired) electrons. The summed E-state index contributed by atoms with van der Waals surface area (Å²) in [7, 11) is 0. The zero-order valence-electron chi connectivity index (χ0n) is 14.4. The summed E-state index contributed by atoms with van der Waals surface area (Å²) in [5.41, 5.74) is 0.399. The van der Waals surface area contributed by atoms with Crippen LogP contribution in [-0.2, 0) is 9.59 Å². The smallest absolute Gasteiger partial charge is 0.327 e. The zero-order chi connectivity index (χ0) is 19.8. The zero-order valence-corrected chi connectivity index (χ0v) is 14.4. The first-order valence-electron chi connectivity index (χ1n) is 8.81. The number of amides is 4. The van der Waals surface area contributed by atoms with E-state index in [1.807, 2.05) is 18.2 Å². The average Bonchev–Trinajstić information content (AvgIpc) is 3.31. The number of carbonyl (C=O) groups excluding carboxylic acids is 3. The number of hydrogen-bond donors (Lipinski definition) is 0. The van der Waals surface area contributed by atoms with Crippen LogP contribution in [0.5, 0.6) is 0 Å². The molecule has 3 fully saturated rings. The second kappa shape index (κ2) is 5.46. The summed E-state index contributed by atoms with van der Waals surface area (Å²) in [6.45, 7) is -0.206. The van der Waals surface area contributed by atoms with E-state index >= 15 is 0 Å². The van der Waals surface area contributed by atoms with E-state index in [1.165, 1.54) is 4.90 Å². The second-order valence-corrected chi connectivity index (χ2v) is 7.22. The molecule has 2 aromatic rings. The highest BCUT2D eigenvalue weighted by molar-refractivity contribution is 6.25. The number of nitrogens with zero attached hydrogens (tertiary/aromatic N) is 3. The minimum Gasteiger partial charge on any atom is -0.327 e. The topological polar surface area (TPSA) is 60.9 Å². The Morgan fingerprint density at radius 2 is 1.75 bits per heavy atom. The molecule has 3 aliphatic rings. The molecule has 9 heteroatoms. The van der Waals surface area contributed by atoms with Gasteiger partial charge in [0.15, 0.2) is 0 Å². The van der Waals surface area contributed by atoms with Crippen molar-refractivity contribution in [2.75, 3.05) is 11.4 Å². The monoisotopic (exact) mass is 389 g/mol. The van der Waals surface area contributed by atoms with Gasteiger partial charge in [-0.15, -0.1) is 0 Å². The second-order valence-electron chi connectivity index (χ2n) is 7.22. The van der Waals surface area contributed by atoms with Crippen LogP contribution in [0, 0.1) is 0 Å². The number of piperazine rings is 1. The van der Waals surface area contributed by atoms with Gasteiger partial charge in [0.25, 0.3) is 5.91 Å². The summed E-state index contributed by atoms with van der Waals surface area (Å²) in [5.74, 6) is -2.54. The van der Waals surface area contributed by atoms with Gasteiger partial charge in [0.2, 0.25) is 0 Å². The van der Waals surface area contributed by atoms with Gasteiger partial charge >= 0.3 is 18.1 Å². The summed E-state index contributed by atoms with van der Waals surface area (Å²) >= 11 is 0. The van der Waals surface area contributed by atoms with Gasteiger partial charge in [0.05, 0.1) is 17.8 Å². The molecule has 1 unspecified atom stereocenters. The van der Waals surface area contributed by atoms with Crippen LogP contribution in [0.2, 0.25) is 0 Å². The number of halogens is 3. The Morgan fingerprint density at radius 3 is 2.50 bits per heavy atom. The lowest BCUT2D eigenvalue weighted by molar-refractivity contribution is -0.188. The predicted molar refractivity (Wildman–Crippen MR) is 92.4 cm³/mol. The number of carbonyl (C=O) groups is 3. The van der Waals surface area contributed by atoms with Crippen molar-refractivity contribution >= 4 is 34.3 Å². The SMILES string of the molecule is O=C1[C@H]2C3C[C@H](CN3C(=O)C(F)(F)F)N2C(=O)N1c1cccc2ccccc12. The van der Waals surface area contributed by atoms with E-state index in [-0.39, 0.29) is 13.0 Å². The Morgan fingerprint density at radius 1 is 1.04 bits per heavy atom. The Labute approximate surface area is 157 Å². The first kappa shape index (κ1) is 17.0. The Bertz CT molecular complexity index is 1030. The van der Waals surface area contributed by atoms with Gasteiger partial charge in [-0.2, -0.15) is 13.2 Å². The third-order valence-corrected chi connectivity index (χ3v) is 5.78. The molecule has 0 aromatic heterocycles. The molecular weight excluding hydrogens is 375 g/mol. The number of alkyl halides is 3. The molecule has 5 rings (SSSR count). The van der Waals surface area contributed by atoms with E-state index in [2.05, 4.69) is 0 Å². The summed E-state index contributed by atoms with van der Waals surface area (Å²) in [6, 6.07) is 9.29. The molecule has 2 bridgehead atoms. The third-order valence-electron chi connectivity index (χ3n) is 5.78. The molecule has 3 aliphatic heterocycles. The van der Waals surface area contributed by atoms with Crippen molar-refractivity contribution < 1.29 is 27.6 Å². The molecular formula is C19H14F3N3O3. The van der Waals surface area contributed by atoms with Crippen molar-refractivity contribution in [2.24, 2.45) is 0 Å². The molecule has 3 atom stereocenters. The molecule has 6 nitrogen and oxygen atoms in total. The van der Waals surface area contributed by atoms with E-state index in [0.717, 1.165) is 10.3 Å². The number of anilines is 1. The van der Waals surface area contributed by atoms with Gasteiger partial charge in [0.1, 0.15) is 6.04 Å². The molecule has 28 heavy (non-hydrogen) atoms. The van der Waals surface area contributed by atoms with Crippen molar-refractivity contribution in [3.63, 3.8) is 0 Å². The van der Waals surface area contributed by atoms with Gasteiger partial charge in [-0.3, -0.25) is 9.59 Å². The molecule has 2 aromatic carbocycles. The fourth-order valence-corrected chi connectivity index (χ4v) is 4.68. The first-order valence-corrected chi connectivity index (χ1v) is 8.81. The number of urea groups is 1. The van der Waals surface area contributed by atoms with Crippen LogP contribution in [0.15, 0.2) is 42.5 Å². The maximum Gasteiger partial charge on any atom is 0.471 e. The van der Waals surface area contributed by atoms with Crippen LogP contribution in [0.4, 0.5) is 23.7 Å². The van der Waals surface area contributed by atoms with Crippen molar-refractivity contribution in [3.05, 3.63) is 42.5 Å². The summed E-state index contributed by atoms with van der Waals surface area (Å²) in [5, 5.41) is 1.54. The lowest BCUT2D eigenvalue weighted by atomic mass is 10.1. The fraction of sp³-hybridized carbons (Fsp3) is 0.316. The van der Waals surface area contributed by atoms with E-state index < -0.39 is 42.1 Å². The third kappa shape index (κ3) is 2.12. The van der Waals surface area contributed by atoms with Gasteiger partial charge < -0.3 is 9.80 Å². The molecule has 144 valence electrons. The maximum atomic E-state index is 13.1. The molecule has 0 saturated carbocycles. The van der Waals surface area contributed by atoms with Crippen molar-refractivity contribution in [2.45, 2.75) is 30.7 Å². The van der Waals surface area contributed by atoms with Gasteiger partial charge in [-0.1, -0.05) is 36.4 Å². The Balaban J connectivity index is 1.54. The van der Waals surface area contributed by atoms with E-state index in [0.29, 0.717) is 16.0 Å². The molecule has 0 N–H and O–H groups in total. The highest BCUT2D eigenvalue weighted by atomic mass is 19.4. The number of rotatable bonds is 1. The summed E-state index contributed by atoms with van der Waals surface area (Å²) in [6.07, 6.45) is -4.82. The van der Waals surface area contributed by atoms with Crippen LogP contribution in [0.1, 0.15) is 6.42 Å². The van der Waals surface area contributed by atoms with Crippen LogP contribution in [0.25, 0.3) is 10.8 Å². The minimum absolute atomic E-state index is 0.188. The van der Waals surface area contributed by atoms with Gasteiger partial charge in [0, 0.05) is 11.9 Å². The number of likely N-dealkylation sites (tertiary alicyclic amines) is 1. The minimum atomic E-state index is -5.00. The fourth-order valence-electron chi connectivity index (χ4n) is 4.68. The van der Waals surface area contributed by atoms with Gasteiger partial charge in [-0.25, -0.2) is 9.69 Å². The standard InChI is InChI=1S/C19H14F3N3O3/c20-19(21,22)17(27)23-9-11-8-14(23)15-16(26)25(18(28)24(11)15)13-7-3-5-10-4-1-2-6-12(10)13/h1-7,11,14-15H,8-9H2/t11-,14?,15-/m1/s1. The highest BCUT2D eigenvalue weighted by Crippen LogP contribution is 2.44. The average molecular weight is 389 g/mol. The van der Waals surface area contributed by atoms with Crippen LogP contribution < -0.4 is 4.90 Å². The molecule has 0 spiro atoms. The predicted octanol–water partition coefficient (Wildman–Crippen LogP) is 2.52. The lowest BCUT2D eigenvalue weighted by Gasteiger charge is -2.35. The van der Waals surface area contributed by atoms with E-state index in [4.69, 9.17) is 0 Å². The lowest BCUT2D eigenvalue weighted by Crippen LogP contribution is -2.57. The summed E-state index contributed by atoms with van der Waals surface area (Å²) < 4.78 is 38.7. The number of imide groups is 1.